The summed E-state index contributed by atoms with van der Waals surface area (Å²) in [6, 6.07) is 3.67. The minimum absolute atomic E-state index is 0.137. The Hall–Kier alpha value is -1.91. The second kappa shape index (κ2) is 6.62. The fourth-order valence-electron chi connectivity index (χ4n) is 1.26. The van der Waals surface area contributed by atoms with Gasteiger partial charge in [0.25, 0.3) is 0 Å². The van der Waals surface area contributed by atoms with Crippen molar-refractivity contribution in [3.63, 3.8) is 0 Å². The summed E-state index contributed by atoms with van der Waals surface area (Å²) in [7, 11) is 0. The first kappa shape index (κ1) is 13.2. The van der Waals surface area contributed by atoms with Gasteiger partial charge in [0.2, 0.25) is 5.91 Å². The van der Waals surface area contributed by atoms with E-state index in [2.05, 4.69) is 10.3 Å². The molecule has 92 valence electrons. The summed E-state index contributed by atoms with van der Waals surface area (Å²) >= 11 is 0. The normalized spacial score (nSPS) is 11.8. The summed E-state index contributed by atoms with van der Waals surface area (Å²) in [5.41, 5.74) is 0.923. The van der Waals surface area contributed by atoms with Gasteiger partial charge in [-0.15, -0.1) is 0 Å². The zero-order valence-corrected chi connectivity index (χ0v) is 9.72. The molecule has 5 nitrogen and oxygen atoms in total. The average molecular weight is 236 g/mol. The van der Waals surface area contributed by atoms with Crippen molar-refractivity contribution in [1.82, 2.24) is 10.3 Å². The molecular formula is C12H16N2O3. The molecule has 1 atom stereocenters. The second-order valence-corrected chi connectivity index (χ2v) is 3.92. The van der Waals surface area contributed by atoms with Crippen molar-refractivity contribution in [2.45, 2.75) is 26.3 Å². The predicted molar refractivity (Wildman–Crippen MR) is 62.1 cm³/mol. The number of aliphatic carboxylic acids is 1. The van der Waals surface area contributed by atoms with E-state index in [1.165, 1.54) is 0 Å². The van der Waals surface area contributed by atoms with Gasteiger partial charge in [-0.3, -0.25) is 14.6 Å². The number of carbonyl (C=O) groups excluding carboxylic acids is 1. The van der Waals surface area contributed by atoms with Gasteiger partial charge in [-0.2, -0.15) is 0 Å². The molecule has 1 rings (SSSR count). The third kappa shape index (κ3) is 5.10. The third-order valence-corrected chi connectivity index (χ3v) is 2.44. The number of amides is 1. The lowest BCUT2D eigenvalue weighted by molar-refractivity contribution is -0.141. The summed E-state index contributed by atoms with van der Waals surface area (Å²) in [6.07, 6.45) is 3.93. The summed E-state index contributed by atoms with van der Waals surface area (Å²) < 4.78 is 0. The maximum atomic E-state index is 11.4. The lowest BCUT2D eigenvalue weighted by atomic mass is 10.1. The van der Waals surface area contributed by atoms with Crippen molar-refractivity contribution in [1.29, 1.82) is 0 Å². The molecule has 0 saturated heterocycles. The maximum Gasteiger partial charge on any atom is 0.306 e. The van der Waals surface area contributed by atoms with Crippen LogP contribution >= 0.6 is 0 Å². The highest BCUT2D eigenvalue weighted by Gasteiger charge is 2.12. The van der Waals surface area contributed by atoms with Crippen LogP contribution in [-0.4, -0.2) is 22.0 Å². The number of pyridine rings is 1. The lowest BCUT2D eigenvalue weighted by Crippen LogP contribution is -2.24. The molecule has 0 aliphatic heterocycles. The molecule has 5 heteroatoms. The van der Waals surface area contributed by atoms with Gasteiger partial charge in [0.15, 0.2) is 0 Å². The summed E-state index contributed by atoms with van der Waals surface area (Å²) in [4.78, 5) is 25.9. The van der Waals surface area contributed by atoms with E-state index in [1.54, 1.807) is 25.4 Å². The van der Waals surface area contributed by atoms with Gasteiger partial charge in [-0.05, 0) is 18.1 Å². The minimum Gasteiger partial charge on any atom is -0.481 e. The molecule has 1 aromatic heterocycles. The number of carboxylic acid groups (broad SMARTS) is 1. The van der Waals surface area contributed by atoms with Crippen molar-refractivity contribution in [2.24, 2.45) is 5.92 Å². The average Bonchev–Trinajstić information content (AvgIpc) is 2.34. The van der Waals surface area contributed by atoms with Gasteiger partial charge in [-0.1, -0.05) is 13.0 Å². The zero-order valence-electron chi connectivity index (χ0n) is 9.72. The lowest BCUT2D eigenvalue weighted by Gasteiger charge is -2.07. The highest BCUT2D eigenvalue weighted by Crippen LogP contribution is 2.05. The highest BCUT2D eigenvalue weighted by molar-refractivity contribution is 5.77. The molecular weight excluding hydrogens is 220 g/mol. The van der Waals surface area contributed by atoms with E-state index in [1.807, 2.05) is 6.07 Å². The number of carbonyl (C=O) groups is 2. The van der Waals surface area contributed by atoms with Crippen LogP contribution in [0.5, 0.6) is 0 Å². The van der Waals surface area contributed by atoms with Crippen LogP contribution in [0.3, 0.4) is 0 Å². The zero-order chi connectivity index (χ0) is 12.7. The quantitative estimate of drug-likeness (QED) is 0.777. The third-order valence-electron chi connectivity index (χ3n) is 2.44. The standard InChI is InChI=1S/C12H16N2O3/c1-9(12(16)17)4-5-11(15)14-8-10-3-2-6-13-7-10/h2-3,6-7,9H,4-5,8H2,1H3,(H,14,15)(H,16,17). The second-order valence-electron chi connectivity index (χ2n) is 3.92. The fourth-order valence-corrected chi connectivity index (χ4v) is 1.26. The molecule has 1 unspecified atom stereocenters. The van der Waals surface area contributed by atoms with Gasteiger partial charge in [0, 0.05) is 25.4 Å². The molecule has 0 radical (unpaired) electrons. The molecule has 0 saturated carbocycles. The smallest absolute Gasteiger partial charge is 0.306 e. The van der Waals surface area contributed by atoms with Crippen molar-refractivity contribution in [3.8, 4) is 0 Å². The number of nitrogens with one attached hydrogen (secondary N) is 1. The summed E-state index contributed by atoms with van der Waals surface area (Å²) in [5.74, 6) is -1.49. The van der Waals surface area contributed by atoms with Crippen LogP contribution in [0, 0.1) is 5.92 Å². The van der Waals surface area contributed by atoms with Gasteiger partial charge >= 0.3 is 5.97 Å². The van der Waals surface area contributed by atoms with Crippen LogP contribution in [0.4, 0.5) is 0 Å². The number of hydrogen-bond donors (Lipinski definition) is 2. The highest BCUT2D eigenvalue weighted by atomic mass is 16.4. The molecule has 0 fully saturated rings. The molecule has 0 bridgehead atoms. The number of hydrogen-bond acceptors (Lipinski definition) is 3. The maximum absolute atomic E-state index is 11.4. The van der Waals surface area contributed by atoms with E-state index in [4.69, 9.17) is 5.11 Å². The Morgan fingerprint density at radius 3 is 2.88 bits per heavy atom. The van der Waals surface area contributed by atoms with Crippen molar-refractivity contribution in [3.05, 3.63) is 30.1 Å². The monoisotopic (exact) mass is 236 g/mol. The van der Waals surface area contributed by atoms with E-state index >= 15 is 0 Å². The van der Waals surface area contributed by atoms with Crippen LogP contribution in [0.2, 0.25) is 0 Å². The molecule has 1 heterocycles. The summed E-state index contributed by atoms with van der Waals surface area (Å²) in [5, 5.41) is 11.4. The van der Waals surface area contributed by atoms with Gasteiger partial charge in [0.1, 0.15) is 0 Å². The van der Waals surface area contributed by atoms with Crippen molar-refractivity contribution < 1.29 is 14.7 Å². The number of carboxylic acids is 1. The first-order chi connectivity index (χ1) is 8.09. The van der Waals surface area contributed by atoms with Crippen molar-refractivity contribution in [2.75, 3.05) is 0 Å². The Kier molecular flexibility index (Phi) is 5.13. The van der Waals surface area contributed by atoms with E-state index in [9.17, 15) is 9.59 Å². The topological polar surface area (TPSA) is 79.3 Å². The Morgan fingerprint density at radius 1 is 1.53 bits per heavy atom. The van der Waals surface area contributed by atoms with Crippen LogP contribution < -0.4 is 5.32 Å². The predicted octanol–water partition coefficient (Wildman–Crippen LogP) is 1.20. The van der Waals surface area contributed by atoms with Crippen molar-refractivity contribution >= 4 is 11.9 Å². The largest absolute Gasteiger partial charge is 0.481 e. The Balaban J connectivity index is 2.24. The molecule has 0 aliphatic rings. The van der Waals surface area contributed by atoms with E-state index in [0.717, 1.165) is 5.56 Å². The van der Waals surface area contributed by atoms with Gasteiger partial charge in [0.05, 0.1) is 5.92 Å². The van der Waals surface area contributed by atoms with Crippen LogP contribution in [-0.2, 0) is 16.1 Å². The molecule has 0 spiro atoms. The van der Waals surface area contributed by atoms with Crippen LogP contribution in [0.1, 0.15) is 25.3 Å². The van der Waals surface area contributed by atoms with Gasteiger partial charge in [-0.25, -0.2) is 0 Å². The fraction of sp³-hybridized carbons (Fsp3) is 0.417. The summed E-state index contributed by atoms with van der Waals surface area (Å²) in [6.45, 7) is 2.02. The van der Waals surface area contributed by atoms with Gasteiger partial charge < -0.3 is 10.4 Å². The van der Waals surface area contributed by atoms with Crippen LogP contribution in [0.25, 0.3) is 0 Å². The first-order valence-electron chi connectivity index (χ1n) is 5.48. The SMILES string of the molecule is CC(CCC(=O)NCc1cccnc1)C(=O)O. The molecule has 0 aromatic carbocycles. The molecule has 1 aromatic rings. The Bertz CT molecular complexity index is 379. The molecule has 17 heavy (non-hydrogen) atoms. The van der Waals surface area contributed by atoms with E-state index in [0.29, 0.717) is 13.0 Å². The number of nitrogens with zero attached hydrogens (tertiary/aromatic N) is 1. The Morgan fingerprint density at radius 2 is 2.29 bits per heavy atom. The molecule has 2 N–H and O–H groups in total. The Labute approximate surface area is 99.9 Å². The number of rotatable bonds is 6. The van der Waals surface area contributed by atoms with Crippen LogP contribution in [0.15, 0.2) is 24.5 Å². The first-order valence-corrected chi connectivity index (χ1v) is 5.48. The molecule has 1 amide bonds. The van der Waals surface area contributed by atoms with E-state index in [-0.39, 0.29) is 12.3 Å². The molecule has 0 aliphatic carbocycles. The number of aromatic nitrogens is 1. The van der Waals surface area contributed by atoms with E-state index < -0.39 is 11.9 Å². The minimum atomic E-state index is -0.870.